The summed E-state index contributed by atoms with van der Waals surface area (Å²) in [6.07, 6.45) is 2.67. The summed E-state index contributed by atoms with van der Waals surface area (Å²) in [7, 11) is 0. The standard InChI is InChI=1S/C5H6OS.C4H8O2/c7-4-5-2-1-3-6-5;1-2-3-4(5)6/h1-3,7H,4H2;2-3H2,1H3,(H,5,6). The van der Waals surface area contributed by atoms with Crippen molar-refractivity contribution in [3.05, 3.63) is 24.2 Å². The first-order valence-corrected chi connectivity index (χ1v) is 4.69. The van der Waals surface area contributed by atoms with E-state index in [1.165, 1.54) is 0 Å². The Labute approximate surface area is 83.2 Å². The predicted octanol–water partition coefficient (Wildman–Crippen LogP) is 2.58. The van der Waals surface area contributed by atoms with Gasteiger partial charge in [-0.2, -0.15) is 12.6 Å². The summed E-state index contributed by atoms with van der Waals surface area (Å²) in [5.41, 5.74) is 0. The summed E-state index contributed by atoms with van der Waals surface area (Å²) in [4.78, 5) is 9.60. The van der Waals surface area contributed by atoms with Gasteiger partial charge < -0.3 is 9.52 Å². The molecule has 0 atom stereocenters. The third-order valence-corrected chi connectivity index (χ3v) is 1.51. The first-order chi connectivity index (χ1) is 6.20. The third-order valence-electron chi connectivity index (χ3n) is 1.20. The van der Waals surface area contributed by atoms with E-state index in [4.69, 9.17) is 9.52 Å². The van der Waals surface area contributed by atoms with Crippen molar-refractivity contribution in [2.75, 3.05) is 0 Å². The normalized spacial score (nSPS) is 8.77. The molecule has 0 radical (unpaired) electrons. The van der Waals surface area contributed by atoms with Crippen molar-refractivity contribution in [1.29, 1.82) is 0 Å². The fourth-order valence-electron chi connectivity index (χ4n) is 0.616. The lowest BCUT2D eigenvalue weighted by molar-refractivity contribution is -0.137. The number of aliphatic carboxylic acids is 1. The zero-order chi connectivity index (χ0) is 10.1. The summed E-state index contributed by atoms with van der Waals surface area (Å²) >= 11 is 3.98. The Hall–Kier alpha value is -0.900. The van der Waals surface area contributed by atoms with Gasteiger partial charge in [-0.1, -0.05) is 6.92 Å². The third kappa shape index (κ3) is 7.46. The van der Waals surface area contributed by atoms with Crippen molar-refractivity contribution in [1.82, 2.24) is 0 Å². The number of hydrogen-bond donors (Lipinski definition) is 2. The predicted molar refractivity (Wildman–Crippen MR) is 53.9 cm³/mol. The van der Waals surface area contributed by atoms with Gasteiger partial charge in [-0.15, -0.1) is 0 Å². The number of carboxylic acids is 1. The molecule has 0 amide bonds. The van der Waals surface area contributed by atoms with E-state index in [-0.39, 0.29) is 0 Å². The summed E-state index contributed by atoms with van der Waals surface area (Å²) in [6.45, 7) is 1.84. The smallest absolute Gasteiger partial charge is 0.303 e. The Bertz CT molecular complexity index is 219. The molecule has 0 saturated heterocycles. The van der Waals surface area contributed by atoms with Gasteiger partial charge in [0, 0.05) is 12.2 Å². The molecule has 1 heterocycles. The van der Waals surface area contributed by atoms with Gasteiger partial charge in [0.15, 0.2) is 0 Å². The maximum Gasteiger partial charge on any atom is 0.303 e. The van der Waals surface area contributed by atoms with E-state index in [9.17, 15) is 4.79 Å². The number of carboxylic acid groups (broad SMARTS) is 1. The largest absolute Gasteiger partial charge is 0.481 e. The second-order valence-corrected chi connectivity index (χ2v) is 2.70. The Morgan fingerprint density at radius 2 is 2.38 bits per heavy atom. The minimum atomic E-state index is -0.711. The van der Waals surface area contributed by atoms with E-state index < -0.39 is 5.97 Å². The van der Waals surface area contributed by atoms with Gasteiger partial charge in [-0.3, -0.25) is 4.79 Å². The van der Waals surface area contributed by atoms with Crippen molar-refractivity contribution in [3.8, 4) is 0 Å². The maximum absolute atomic E-state index is 9.60. The van der Waals surface area contributed by atoms with Crippen molar-refractivity contribution < 1.29 is 14.3 Å². The molecule has 0 spiro atoms. The molecule has 0 fully saturated rings. The first kappa shape index (κ1) is 12.1. The molecular formula is C9H14O3S. The van der Waals surface area contributed by atoms with Gasteiger partial charge in [-0.05, 0) is 18.6 Å². The van der Waals surface area contributed by atoms with Crippen LogP contribution in [0.1, 0.15) is 25.5 Å². The Kier molecular flexibility index (Phi) is 7.20. The summed E-state index contributed by atoms with van der Waals surface area (Å²) in [5, 5.41) is 7.91. The van der Waals surface area contributed by atoms with Crippen LogP contribution in [0, 0.1) is 0 Å². The minimum absolute atomic E-state index is 0.292. The molecule has 3 nitrogen and oxygen atoms in total. The Balaban J connectivity index is 0.000000226. The van der Waals surface area contributed by atoms with Gasteiger partial charge >= 0.3 is 5.97 Å². The molecule has 0 unspecified atom stereocenters. The van der Waals surface area contributed by atoms with Crippen LogP contribution in [0.2, 0.25) is 0 Å². The van der Waals surface area contributed by atoms with Gasteiger partial charge in [-0.25, -0.2) is 0 Å². The lowest BCUT2D eigenvalue weighted by Gasteiger charge is -1.79. The number of thiol groups is 1. The van der Waals surface area contributed by atoms with E-state index in [1.54, 1.807) is 6.26 Å². The van der Waals surface area contributed by atoms with Crippen molar-refractivity contribution in [2.24, 2.45) is 0 Å². The number of carbonyl (C=O) groups is 1. The zero-order valence-electron chi connectivity index (χ0n) is 7.56. The summed E-state index contributed by atoms with van der Waals surface area (Å²) in [6, 6.07) is 3.75. The van der Waals surface area contributed by atoms with Crippen molar-refractivity contribution in [2.45, 2.75) is 25.5 Å². The average Bonchev–Trinajstić information content (AvgIpc) is 2.56. The highest BCUT2D eigenvalue weighted by atomic mass is 32.1. The number of hydrogen-bond acceptors (Lipinski definition) is 3. The molecule has 1 N–H and O–H groups in total. The second kappa shape index (κ2) is 7.73. The van der Waals surface area contributed by atoms with Crippen LogP contribution in [0.3, 0.4) is 0 Å². The summed E-state index contributed by atoms with van der Waals surface area (Å²) in [5.74, 6) is 0.897. The molecular weight excluding hydrogens is 188 g/mol. The van der Waals surface area contributed by atoms with Crippen LogP contribution >= 0.6 is 12.6 Å². The van der Waals surface area contributed by atoms with E-state index >= 15 is 0 Å². The van der Waals surface area contributed by atoms with Crippen LogP contribution < -0.4 is 0 Å². The van der Waals surface area contributed by atoms with E-state index in [1.807, 2.05) is 19.1 Å². The first-order valence-electron chi connectivity index (χ1n) is 4.05. The summed E-state index contributed by atoms with van der Waals surface area (Å²) < 4.78 is 4.91. The molecule has 13 heavy (non-hydrogen) atoms. The molecule has 0 aliphatic rings. The van der Waals surface area contributed by atoms with Gasteiger partial charge in [0.25, 0.3) is 0 Å². The van der Waals surface area contributed by atoms with E-state index in [0.29, 0.717) is 12.2 Å². The lowest BCUT2D eigenvalue weighted by atomic mass is 10.4. The van der Waals surface area contributed by atoms with Gasteiger partial charge in [0.2, 0.25) is 0 Å². The van der Waals surface area contributed by atoms with Crippen LogP contribution in [0.25, 0.3) is 0 Å². The molecule has 0 aliphatic heterocycles. The molecule has 1 aromatic rings. The van der Waals surface area contributed by atoms with E-state index in [0.717, 1.165) is 12.2 Å². The van der Waals surface area contributed by atoms with Crippen LogP contribution in [0.4, 0.5) is 0 Å². The Morgan fingerprint density at radius 3 is 2.54 bits per heavy atom. The van der Waals surface area contributed by atoms with Crippen LogP contribution in [0.15, 0.2) is 22.8 Å². The van der Waals surface area contributed by atoms with Crippen LogP contribution in [0.5, 0.6) is 0 Å². The highest BCUT2D eigenvalue weighted by Gasteiger charge is 1.87. The van der Waals surface area contributed by atoms with Crippen molar-refractivity contribution >= 4 is 18.6 Å². The quantitative estimate of drug-likeness (QED) is 0.741. The average molecular weight is 202 g/mol. The molecule has 0 aliphatic carbocycles. The molecule has 1 aromatic heterocycles. The highest BCUT2D eigenvalue weighted by Crippen LogP contribution is 2.01. The number of furan rings is 1. The Morgan fingerprint density at radius 1 is 1.69 bits per heavy atom. The second-order valence-electron chi connectivity index (χ2n) is 2.38. The molecule has 0 bridgehead atoms. The molecule has 0 aromatic carbocycles. The topological polar surface area (TPSA) is 50.4 Å². The molecule has 1 rings (SSSR count). The zero-order valence-corrected chi connectivity index (χ0v) is 8.46. The lowest BCUT2D eigenvalue weighted by Crippen LogP contribution is -1.90. The SMILES string of the molecule is CCCC(=O)O.SCc1ccco1. The molecule has 0 saturated carbocycles. The van der Waals surface area contributed by atoms with Crippen molar-refractivity contribution in [3.63, 3.8) is 0 Å². The monoisotopic (exact) mass is 202 g/mol. The molecule has 4 heteroatoms. The fourth-order valence-corrected chi connectivity index (χ4v) is 0.796. The highest BCUT2D eigenvalue weighted by molar-refractivity contribution is 7.79. The van der Waals surface area contributed by atoms with Gasteiger partial charge in [0.05, 0.1) is 6.26 Å². The van der Waals surface area contributed by atoms with Crippen LogP contribution in [-0.4, -0.2) is 11.1 Å². The maximum atomic E-state index is 9.60. The van der Waals surface area contributed by atoms with Gasteiger partial charge in [0.1, 0.15) is 5.76 Å². The minimum Gasteiger partial charge on any atom is -0.481 e. The number of rotatable bonds is 3. The molecule has 74 valence electrons. The van der Waals surface area contributed by atoms with E-state index in [2.05, 4.69) is 12.6 Å². The fraction of sp³-hybridized carbons (Fsp3) is 0.444. The van der Waals surface area contributed by atoms with Crippen LogP contribution in [-0.2, 0) is 10.5 Å².